The number of aryl methyl sites for hydroxylation is 5. The molecule has 2 heteroatoms. The Morgan fingerprint density at radius 1 is 0.733 bits per heavy atom. The second-order valence-corrected chi connectivity index (χ2v) is 8.65. The fourth-order valence-corrected chi connectivity index (χ4v) is 4.75. The summed E-state index contributed by atoms with van der Waals surface area (Å²) in [5.41, 5.74) is 10.2. The van der Waals surface area contributed by atoms with E-state index in [4.69, 9.17) is 0 Å². The molecule has 0 unspecified atom stereocenters. The molecule has 3 aromatic carbocycles. The van der Waals surface area contributed by atoms with Crippen molar-refractivity contribution in [2.45, 2.75) is 60.5 Å². The molecular formula is C28H32O2. The number of hydrogen-bond acceptors (Lipinski definition) is 2. The van der Waals surface area contributed by atoms with Crippen LogP contribution in [0.1, 0.15) is 66.3 Å². The van der Waals surface area contributed by atoms with Crippen LogP contribution in [-0.2, 0) is 0 Å². The van der Waals surface area contributed by atoms with Crippen LogP contribution >= 0.6 is 0 Å². The summed E-state index contributed by atoms with van der Waals surface area (Å²) < 4.78 is 0. The Morgan fingerprint density at radius 2 is 1.23 bits per heavy atom. The third-order valence-electron chi connectivity index (χ3n) is 6.40. The molecule has 0 saturated heterocycles. The van der Waals surface area contributed by atoms with E-state index in [-0.39, 0.29) is 5.78 Å². The lowest BCUT2D eigenvalue weighted by atomic mass is 9.77. The zero-order valence-corrected chi connectivity index (χ0v) is 19.1. The molecule has 2 nitrogen and oxygen atoms in total. The highest BCUT2D eigenvalue weighted by molar-refractivity contribution is 6.02. The lowest BCUT2D eigenvalue weighted by molar-refractivity contribution is 0.0713. The van der Waals surface area contributed by atoms with Crippen molar-refractivity contribution >= 4 is 5.78 Å². The van der Waals surface area contributed by atoms with Crippen molar-refractivity contribution in [1.29, 1.82) is 0 Å². The van der Waals surface area contributed by atoms with Crippen LogP contribution < -0.4 is 0 Å². The van der Waals surface area contributed by atoms with Crippen molar-refractivity contribution in [1.82, 2.24) is 0 Å². The monoisotopic (exact) mass is 400 g/mol. The number of aliphatic hydroxyl groups excluding tert-OH is 1. The predicted octanol–water partition coefficient (Wildman–Crippen LogP) is 6.22. The average Bonchev–Trinajstić information content (AvgIpc) is 2.69. The lowest BCUT2D eigenvalue weighted by Crippen LogP contribution is -2.31. The standard InChI is InChI=1S/C28H32O2/c1-16-13-19(4)24(20(5)14-16)27(29)28(30)26(23-11-9-8-10-12-23)25-21(6)17(2)15-18(3)22(25)7/h8-15,26,28,30H,1-7H3/t26-,28-/m1/s1. The molecule has 0 aliphatic rings. The number of Topliss-reactive ketones (excluding diaryl/α,β-unsaturated/α-hetero) is 1. The van der Waals surface area contributed by atoms with E-state index in [1.807, 2.05) is 63.2 Å². The van der Waals surface area contributed by atoms with E-state index >= 15 is 0 Å². The van der Waals surface area contributed by atoms with E-state index in [0.29, 0.717) is 5.56 Å². The largest absolute Gasteiger partial charge is 0.384 e. The van der Waals surface area contributed by atoms with Gasteiger partial charge in [0.15, 0.2) is 5.78 Å². The summed E-state index contributed by atoms with van der Waals surface area (Å²) in [6.45, 7) is 14.3. The number of rotatable bonds is 5. The number of benzene rings is 3. The van der Waals surface area contributed by atoms with Crippen molar-refractivity contribution in [2.75, 3.05) is 0 Å². The molecule has 1 N–H and O–H groups in total. The van der Waals surface area contributed by atoms with Gasteiger partial charge in [0.25, 0.3) is 0 Å². The Kier molecular flexibility index (Phi) is 6.28. The molecule has 0 spiro atoms. The second kappa shape index (κ2) is 8.57. The van der Waals surface area contributed by atoms with Crippen molar-refractivity contribution in [3.63, 3.8) is 0 Å². The number of aliphatic hydroxyl groups is 1. The van der Waals surface area contributed by atoms with Gasteiger partial charge in [0.2, 0.25) is 0 Å². The topological polar surface area (TPSA) is 37.3 Å². The Hall–Kier alpha value is -2.71. The first-order valence-electron chi connectivity index (χ1n) is 10.6. The SMILES string of the molecule is Cc1cc(C)c(C(=O)[C@H](O)[C@H](c2ccccc2)c2c(C)c(C)cc(C)c2C)c(C)c1. The summed E-state index contributed by atoms with van der Waals surface area (Å²) >= 11 is 0. The van der Waals surface area contributed by atoms with Crippen LogP contribution in [0.15, 0.2) is 48.5 Å². The van der Waals surface area contributed by atoms with Crippen molar-refractivity contribution in [2.24, 2.45) is 0 Å². The summed E-state index contributed by atoms with van der Waals surface area (Å²) in [6.07, 6.45) is -1.16. The normalized spacial score (nSPS) is 13.2. The molecule has 3 rings (SSSR count). The van der Waals surface area contributed by atoms with Gasteiger partial charge in [-0.1, -0.05) is 54.1 Å². The minimum atomic E-state index is -1.16. The Labute approximate surface area is 180 Å². The van der Waals surface area contributed by atoms with Gasteiger partial charge in [0.1, 0.15) is 6.10 Å². The van der Waals surface area contributed by atoms with E-state index in [2.05, 4.69) is 33.8 Å². The van der Waals surface area contributed by atoms with Gasteiger partial charge in [-0.05, 0) is 93.0 Å². The Balaban J connectivity index is 2.22. The van der Waals surface area contributed by atoms with Crippen LogP contribution in [-0.4, -0.2) is 17.0 Å². The quantitative estimate of drug-likeness (QED) is 0.516. The summed E-state index contributed by atoms with van der Waals surface area (Å²) in [6, 6.07) is 16.1. The van der Waals surface area contributed by atoms with Crippen molar-refractivity contribution in [3.05, 3.63) is 104 Å². The number of carbonyl (C=O) groups is 1. The number of hydrogen-bond donors (Lipinski definition) is 1. The number of ketones is 1. The molecule has 0 heterocycles. The highest BCUT2D eigenvalue weighted by Crippen LogP contribution is 2.37. The summed E-state index contributed by atoms with van der Waals surface area (Å²) in [7, 11) is 0. The summed E-state index contributed by atoms with van der Waals surface area (Å²) in [4.78, 5) is 13.6. The molecule has 0 fully saturated rings. The average molecular weight is 401 g/mol. The molecule has 0 amide bonds. The fraction of sp³-hybridized carbons (Fsp3) is 0.321. The van der Waals surface area contributed by atoms with Crippen LogP contribution in [0.4, 0.5) is 0 Å². The van der Waals surface area contributed by atoms with E-state index in [0.717, 1.165) is 38.9 Å². The maximum atomic E-state index is 13.6. The Morgan fingerprint density at radius 3 is 1.73 bits per heavy atom. The number of carbonyl (C=O) groups excluding carboxylic acids is 1. The first-order chi connectivity index (χ1) is 14.1. The van der Waals surface area contributed by atoms with E-state index in [9.17, 15) is 9.90 Å². The van der Waals surface area contributed by atoms with Gasteiger partial charge in [-0.2, -0.15) is 0 Å². The van der Waals surface area contributed by atoms with Gasteiger partial charge >= 0.3 is 0 Å². The van der Waals surface area contributed by atoms with E-state index < -0.39 is 12.0 Å². The molecule has 0 radical (unpaired) electrons. The molecule has 0 aliphatic heterocycles. The van der Waals surface area contributed by atoms with Crippen LogP contribution in [0, 0.1) is 48.5 Å². The van der Waals surface area contributed by atoms with Gasteiger partial charge in [0, 0.05) is 11.5 Å². The second-order valence-electron chi connectivity index (χ2n) is 8.65. The third kappa shape index (κ3) is 3.97. The lowest BCUT2D eigenvalue weighted by Gasteiger charge is -2.29. The molecule has 156 valence electrons. The van der Waals surface area contributed by atoms with Gasteiger partial charge in [-0.15, -0.1) is 0 Å². The minimum Gasteiger partial charge on any atom is -0.384 e. The third-order valence-corrected chi connectivity index (χ3v) is 6.40. The minimum absolute atomic E-state index is 0.211. The molecule has 0 aromatic heterocycles. The van der Waals surface area contributed by atoms with Crippen molar-refractivity contribution < 1.29 is 9.90 Å². The molecular weight excluding hydrogens is 368 g/mol. The molecule has 30 heavy (non-hydrogen) atoms. The predicted molar refractivity (Wildman–Crippen MR) is 125 cm³/mol. The van der Waals surface area contributed by atoms with Crippen LogP contribution in [0.5, 0.6) is 0 Å². The van der Waals surface area contributed by atoms with Gasteiger partial charge in [0.05, 0.1) is 0 Å². The Bertz CT molecular complexity index is 1040. The van der Waals surface area contributed by atoms with Crippen LogP contribution in [0.25, 0.3) is 0 Å². The maximum Gasteiger partial charge on any atom is 0.192 e. The first-order valence-corrected chi connectivity index (χ1v) is 10.6. The van der Waals surface area contributed by atoms with Crippen LogP contribution in [0.2, 0.25) is 0 Å². The molecule has 3 aromatic rings. The maximum absolute atomic E-state index is 13.6. The van der Waals surface area contributed by atoms with Crippen molar-refractivity contribution in [3.8, 4) is 0 Å². The van der Waals surface area contributed by atoms with E-state index in [1.165, 1.54) is 11.1 Å². The first kappa shape index (κ1) is 22.0. The molecule has 0 bridgehead atoms. The summed E-state index contributed by atoms with van der Waals surface area (Å²) in [5, 5.41) is 11.5. The molecule has 2 atom stereocenters. The molecule has 0 aliphatic carbocycles. The zero-order valence-electron chi connectivity index (χ0n) is 19.1. The van der Waals surface area contributed by atoms with Crippen LogP contribution in [0.3, 0.4) is 0 Å². The zero-order chi connectivity index (χ0) is 22.2. The van der Waals surface area contributed by atoms with Gasteiger partial charge in [-0.25, -0.2) is 0 Å². The summed E-state index contributed by atoms with van der Waals surface area (Å²) in [5.74, 6) is -0.630. The highest BCUT2D eigenvalue weighted by atomic mass is 16.3. The van der Waals surface area contributed by atoms with Gasteiger partial charge in [-0.3, -0.25) is 4.79 Å². The van der Waals surface area contributed by atoms with E-state index in [1.54, 1.807) is 0 Å². The smallest absolute Gasteiger partial charge is 0.192 e. The fourth-order valence-electron chi connectivity index (χ4n) is 4.75. The molecule has 0 saturated carbocycles. The van der Waals surface area contributed by atoms with Gasteiger partial charge < -0.3 is 5.11 Å². The highest BCUT2D eigenvalue weighted by Gasteiger charge is 2.33.